The number of ether oxygens (including phenoxy) is 1. The lowest BCUT2D eigenvalue weighted by molar-refractivity contribution is -0.123. The van der Waals surface area contributed by atoms with E-state index in [-0.39, 0.29) is 30.1 Å². The Balaban J connectivity index is 1.52. The van der Waals surface area contributed by atoms with Crippen molar-refractivity contribution >= 4 is 44.9 Å². The highest BCUT2D eigenvalue weighted by atomic mass is 79.9. The van der Waals surface area contributed by atoms with Gasteiger partial charge in [-0.05, 0) is 47.7 Å². The number of benzene rings is 3. The second kappa shape index (κ2) is 9.49. The Morgan fingerprint density at radius 3 is 2.45 bits per heavy atom. The maximum atomic E-state index is 13.9. The van der Waals surface area contributed by atoms with Crippen molar-refractivity contribution in [1.82, 2.24) is 4.90 Å². The number of carbonyl (C=O) groups excluding carboxylic acids is 2. The first-order valence-electron chi connectivity index (χ1n) is 9.46. The van der Waals surface area contributed by atoms with Gasteiger partial charge in [-0.1, -0.05) is 64.5 Å². The lowest BCUT2D eigenvalue weighted by Crippen LogP contribution is -2.27. The van der Waals surface area contributed by atoms with Crippen molar-refractivity contribution in [3.8, 4) is 5.75 Å². The Morgan fingerprint density at radius 1 is 0.968 bits per heavy atom. The molecule has 2 amide bonds. The van der Waals surface area contributed by atoms with Crippen LogP contribution in [-0.2, 0) is 17.9 Å². The van der Waals surface area contributed by atoms with E-state index in [0.29, 0.717) is 21.8 Å². The van der Waals surface area contributed by atoms with Crippen LogP contribution in [0.25, 0.3) is 6.08 Å². The van der Waals surface area contributed by atoms with E-state index in [2.05, 4.69) is 15.9 Å². The quantitative estimate of drug-likeness (QED) is 0.369. The molecule has 1 aliphatic rings. The first kappa shape index (κ1) is 21.3. The molecule has 31 heavy (non-hydrogen) atoms. The molecule has 1 saturated heterocycles. The third-order valence-corrected chi connectivity index (χ3v) is 6.11. The Hall–Kier alpha value is -2.90. The normalized spacial score (nSPS) is 15.0. The molecular weight excluding hydrogens is 481 g/mol. The Kier molecular flexibility index (Phi) is 6.53. The van der Waals surface area contributed by atoms with Crippen LogP contribution in [-0.4, -0.2) is 16.0 Å². The summed E-state index contributed by atoms with van der Waals surface area (Å²) in [5.41, 5.74) is 1.94. The third-order valence-electron chi connectivity index (χ3n) is 4.67. The molecule has 156 valence electrons. The number of nitrogens with zero attached hydrogens (tertiary/aromatic N) is 1. The second-order valence-electron chi connectivity index (χ2n) is 6.81. The van der Waals surface area contributed by atoms with Crippen molar-refractivity contribution < 1.29 is 18.7 Å². The van der Waals surface area contributed by atoms with Crippen molar-refractivity contribution in [1.29, 1.82) is 0 Å². The van der Waals surface area contributed by atoms with E-state index in [0.717, 1.165) is 21.8 Å². The molecule has 3 aromatic rings. The minimum atomic E-state index is -0.346. The summed E-state index contributed by atoms with van der Waals surface area (Å²) in [4.78, 5) is 26.8. The molecule has 0 N–H and O–H groups in total. The molecule has 7 heteroatoms. The van der Waals surface area contributed by atoms with Crippen molar-refractivity contribution in [2.75, 3.05) is 0 Å². The van der Waals surface area contributed by atoms with Crippen LogP contribution in [0.15, 0.2) is 82.2 Å². The number of rotatable bonds is 6. The number of hydrogen-bond acceptors (Lipinski definition) is 4. The fourth-order valence-electron chi connectivity index (χ4n) is 3.05. The van der Waals surface area contributed by atoms with E-state index in [4.69, 9.17) is 4.74 Å². The van der Waals surface area contributed by atoms with Gasteiger partial charge < -0.3 is 4.74 Å². The highest BCUT2D eigenvalue weighted by molar-refractivity contribution is 9.10. The lowest BCUT2D eigenvalue weighted by Gasteiger charge is -2.12. The van der Waals surface area contributed by atoms with E-state index in [1.165, 1.54) is 11.0 Å². The average Bonchev–Trinajstić information content (AvgIpc) is 3.03. The molecule has 4 rings (SSSR count). The van der Waals surface area contributed by atoms with Gasteiger partial charge in [-0.15, -0.1) is 0 Å². The van der Waals surface area contributed by atoms with Crippen LogP contribution < -0.4 is 4.74 Å². The molecule has 0 atom stereocenters. The smallest absolute Gasteiger partial charge is 0.293 e. The van der Waals surface area contributed by atoms with Gasteiger partial charge in [0.15, 0.2) is 0 Å². The van der Waals surface area contributed by atoms with Gasteiger partial charge in [0.2, 0.25) is 0 Å². The van der Waals surface area contributed by atoms with Crippen molar-refractivity contribution in [3.63, 3.8) is 0 Å². The molecule has 0 bridgehead atoms. The molecule has 0 saturated carbocycles. The van der Waals surface area contributed by atoms with Gasteiger partial charge in [-0.3, -0.25) is 14.5 Å². The molecule has 1 aliphatic heterocycles. The van der Waals surface area contributed by atoms with Gasteiger partial charge >= 0.3 is 0 Å². The van der Waals surface area contributed by atoms with Gasteiger partial charge in [0.25, 0.3) is 11.1 Å². The number of thioether (sulfide) groups is 1. The van der Waals surface area contributed by atoms with Gasteiger partial charge in [0.1, 0.15) is 18.2 Å². The summed E-state index contributed by atoms with van der Waals surface area (Å²) in [7, 11) is 0. The molecule has 4 nitrogen and oxygen atoms in total. The summed E-state index contributed by atoms with van der Waals surface area (Å²) < 4.78 is 20.6. The van der Waals surface area contributed by atoms with Gasteiger partial charge in [-0.25, -0.2) is 4.39 Å². The summed E-state index contributed by atoms with van der Waals surface area (Å²) >= 11 is 4.27. The number of imide groups is 1. The number of amides is 2. The topological polar surface area (TPSA) is 46.6 Å². The van der Waals surface area contributed by atoms with Crippen LogP contribution >= 0.6 is 27.7 Å². The minimum Gasteiger partial charge on any atom is -0.488 e. The zero-order valence-electron chi connectivity index (χ0n) is 16.3. The zero-order valence-corrected chi connectivity index (χ0v) is 18.7. The predicted molar refractivity (Wildman–Crippen MR) is 123 cm³/mol. The van der Waals surface area contributed by atoms with E-state index in [9.17, 15) is 14.0 Å². The van der Waals surface area contributed by atoms with Crippen LogP contribution in [0.4, 0.5) is 9.18 Å². The monoisotopic (exact) mass is 497 g/mol. The molecule has 0 spiro atoms. The molecular formula is C24H17BrFNO3S. The minimum absolute atomic E-state index is 0.0581. The summed E-state index contributed by atoms with van der Waals surface area (Å²) in [6.45, 7) is 0.267. The fraction of sp³-hybridized carbons (Fsp3) is 0.0833. The van der Waals surface area contributed by atoms with Crippen LogP contribution in [0, 0.1) is 5.82 Å². The Labute approximate surface area is 191 Å². The first-order chi connectivity index (χ1) is 15.0. The highest BCUT2D eigenvalue weighted by Crippen LogP contribution is 2.35. The van der Waals surface area contributed by atoms with E-state index in [1.54, 1.807) is 42.5 Å². The van der Waals surface area contributed by atoms with Crippen LogP contribution in [0.2, 0.25) is 0 Å². The number of hydrogen-bond donors (Lipinski definition) is 0. The molecule has 3 aromatic carbocycles. The first-order valence-corrected chi connectivity index (χ1v) is 11.1. The maximum absolute atomic E-state index is 13.9. The van der Waals surface area contributed by atoms with Gasteiger partial charge in [0, 0.05) is 15.6 Å². The zero-order chi connectivity index (χ0) is 21.8. The SMILES string of the molecule is O=C1S/C(=C\c2ccccc2OCc2ccccc2F)C(=O)N1Cc1ccc(Br)cc1. The Morgan fingerprint density at radius 2 is 1.68 bits per heavy atom. The summed E-state index contributed by atoms with van der Waals surface area (Å²) in [6.07, 6.45) is 1.64. The summed E-state index contributed by atoms with van der Waals surface area (Å²) in [5.74, 6) is -0.179. The molecule has 0 aromatic heterocycles. The standard InChI is InChI=1S/C24H17BrFNO3S/c25-19-11-9-16(10-12-19)14-27-23(28)22(31-24(27)29)13-17-5-2-4-8-21(17)30-15-18-6-1-3-7-20(18)26/h1-13H,14-15H2/b22-13-. The van der Waals surface area contributed by atoms with Crippen molar-refractivity contribution in [2.24, 2.45) is 0 Å². The van der Waals surface area contributed by atoms with Crippen LogP contribution in [0.5, 0.6) is 5.75 Å². The summed E-state index contributed by atoms with van der Waals surface area (Å²) in [5, 5.41) is -0.316. The van der Waals surface area contributed by atoms with Crippen LogP contribution in [0.3, 0.4) is 0 Å². The van der Waals surface area contributed by atoms with E-state index >= 15 is 0 Å². The lowest BCUT2D eigenvalue weighted by atomic mass is 10.1. The number of para-hydroxylation sites is 1. The van der Waals surface area contributed by atoms with E-state index in [1.807, 2.05) is 30.3 Å². The number of carbonyl (C=O) groups is 2. The van der Waals surface area contributed by atoms with Crippen molar-refractivity contribution in [2.45, 2.75) is 13.2 Å². The predicted octanol–water partition coefficient (Wildman–Crippen LogP) is 6.40. The fourth-order valence-corrected chi connectivity index (χ4v) is 4.15. The molecule has 1 heterocycles. The highest BCUT2D eigenvalue weighted by Gasteiger charge is 2.35. The number of halogens is 2. The second-order valence-corrected chi connectivity index (χ2v) is 8.72. The maximum Gasteiger partial charge on any atom is 0.293 e. The van der Waals surface area contributed by atoms with E-state index < -0.39 is 0 Å². The largest absolute Gasteiger partial charge is 0.488 e. The van der Waals surface area contributed by atoms with Crippen molar-refractivity contribution in [3.05, 3.63) is 105 Å². The van der Waals surface area contributed by atoms with Gasteiger partial charge in [0.05, 0.1) is 11.4 Å². The molecule has 0 aliphatic carbocycles. The van der Waals surface area contributed by atoms with Gasteiger partial charge in [-0.2, -0.15) is 0 Å². The molecule has 0 unspecified atom stereocenters. The van der Waals surface area contributed by atoms with Crippen LogP contribution in [0.1, 0.15) is 16.7 Å². The summed E-state index contributed by atoms with van der Waals surface area (Å²) in [6, 6.07) is 21.0. The molecule has 1 fully saturated rings. The molecule has 0 radical (unpaired) electrons. The third kappa shape index (κ3) is 5.06. The Bertz CT molecular complexity index is 1160. The average molecular weight is 498 g/mol.